The predicted molar refractivity (Wildman–Crippen MR) is 95.5 cm³/mol. The molecule has 1 heterocycles. The highest BCUT2D eigenvalue weighted by atomic mass is 19.1. The van der Waals surface area contributed by atoms with E-state index in [4.69, 9.17) is 10.00 Å². The van der Waals surface area contributed by atoms with E-state index in [1.807, 2.05) is 6.07 Å². The van der Waals surface area contributed by atoms with Gasteiger partial charge in [-0.1, -0.05) is 6.07 Å². The number of piperazine rings is 1. The highest BCUT2D eigenvalue weighted by Gasteiger charge is 2.25. The van der Waals surface area contributed by atoms with E-state index >= 15 is 0 Å². The van der Waals surface area contributed by atoms with Crippen molar-refractivity contribution < 1.29 is 18.7 Å². The van der Waals surface area contributed by atoms with E-state index in [0.29, 0.717) is 43.1 Å². The second kappa shape index (κ2) is 8.32. The zero-order chi connectivity index (χ0) is 19.2. The van der Waals surface area contributed by atoms with Crippen LogP contribution in [-0.2, 0) is 4.79 Å². The summed E-state index contributed by atoms with van der Waals surface area (Å²) in [5.74, 6) is -0.343. The van der Waals surface area contributed by atoms with Crippen LogP contribution in [0.25, 0.3) is 0 Å². The molecular weight excluding hydrogens is 349 g/mol. The van der Waals surface area contributed by atoms with Crippen molar-refractivity contribution in [3.05, 3.63) is 65.5 Å². The summed E-state index contributed by atoms with van der Waals surface area (Å²) in [6.45, 7) is 1.47. The summed E-state index contributed by atoms with van der Waals surface area (Å²) in [5, 5.41) is 8.77. The number of ether oxygens (including phenoxy) is 1. The van der Waals surface area contributed by atoms with Gasteiger partial charge in [-0.05, 0) is 42.5 Å². The smallest absolute Gasteiger partial charge is 0.260 e. The lowest BCUT2D eigenvalue weighted by Gasteiger charge is -2.34. The first-order valence-electron chi connectivity index (χ1n) is 8.52. The number of nitrogens with zero attached hydrogens (tertiary/aromatic N) is 3. The number of halogens is 1. The molecule has 1 fully saturated rings. The van der Waals surface area contributed by atoms with E-state index in [9.17, 15) is 14.0 Å². The predicted octanol–water partition coefficient (Wildman–Crippen LogP) is 2.06. The molecule has 0 aliphatic carbocycles. The van der Waals surface area contributed by atoms with E-state index in [1.165, 1.54) is 18.2 Å². The van der Waals surface area contributed by atoms with Crippen LogP contribution in [0.3, 0.4) is 0 Å². The molecule has 0 N–H and O–H groups in total. The van der Waals surface area contributed by atoms with E-state index in [-0.39, 0.29) is 18.4 Å². The van der Waals surface area contributed by atoms with Crippen LogP contribution >= 0.6 is 0 Å². The minimum Gasteiger partial charge on any atom is -0.484 e. The van der Waals surface area contributed by atoms with E-state index in [0.717, 1.165) is 0 Å². The van der Waals surface area contributed by atoms with Gasteiger partial charge in [0, 0.05) is 31.7 Å². The summed E-state index contributed by atoms with van der Waals surface area (Å²) in [7, 11) is 0. The largest absolute Gasteiger partial charge is 0.484 e. The first-order chi connectivity index (χ1) is 13.1. The van der Waals surface area contributed by atoms with Crippen LogP contribution in [0.2, 0.25) is 0 Å². The third kappa shape index (κ3) is 4.61. The maximum atomic E-state index is 13.3. The Balaban J connectivity index is 1.48. The summed E-state index contributed by atoms with van der Waals surface area (Å²) < 4.78 is 18.7. The van der Waals surface area contributed by atoms with Crippen molar-refractivity contribution in [1.82, 2.24) is 9.80 Å². The highest BCUT2D eigenvalue weighted by Crippen LogP contribution is 2.13. The van der Waals surface area contributed by atoms with Gasteiger partial charge < -0.3 is 14.5 Å². The minimum absolute atomic E-state index is 0.107. The molecule has 0 bridgehead atoms. The summed E-state index contributed by atoms with van der Waals surface area (Å²) in [4.78, 5) is 27.9. The first kappa shape index (κ1) is 18.4. The second-order valence-electron chi connectivity index (χ2n) is 6.11. The fourth-order valence-electron chi connectivity index (χ4n) is 2.83. The molecule has 6 nitrogen and oxygen atoms in total. The topological polar surface area (TPSA) is 73.6 Å². The molecule has 2 aromatic rings. The molecule has 27 heavy (non-hydrogen) atoms. The second-order valence-corrected chi connectivity index (χ2v) is 6.11. The Morgan fingerprint density at radius 1 is 1.04 bits per heavy atom. The van der Waals surface area contributed by atoms with Gasteiger partial charge in [0.25, 0.3) is 11.8 Å². The monoisotopic (exact) mass is 367 g/mol. The molecule has 0 saturated carbocycles. The van der Waals surface area contributed by atoms with Crippen LogP contribution in [0.4, 0.5) is 4.39 Å². The van der Waals surface area contributed by atoms with Crippen LogP contribution in [-0.4, -0.2) is 54.4 Å². The molecule has 7 heteroatoms. The van der Waals surface area contributed by atoms with Crippen molar-refractivity contribution in [2.45, 2.75) is 0 Å². The lowest BCUT2D eigenvalue weighted by atomic mass is 10.1. The Hall–Kier alpha value is -3.40. The van der Waals surface area contributed by atoms with Crippen molar-refractivity contribution in [2.75, 3.05) is 32.8 Å². The maximum Gasteiger partial charge on any atom is 0.260 e. The zero-order valence-electron chi connectivity index (χ0n) is 14.6. The molecule has 1 saturated heterocycles. The van der Waals surface area contributed by atoms with Crippen molar-refractivity contribution in [3.63, 3.8) is 0 Å². The number of nitriles is 1. The summed E-state index contributed by atoms with van der Waals surface area (Å²) in [5.41, 5.74) is 0.826. The number of carbonyl (C=O) groups excluding carboxylic acids is 2. The van der Waals surface area contributed by atoms with Gasteiger partial charge in [-0.15, -0.1) is 0 Å². The molecule has 0 aromatic heterocycles. The van der Waals surface area contributed by atoms with Crippen LogP contribution < -0.4 is 4.74 Å². The summed E-state index contributed by atoms with van der Waals surface area (Å²) in [6.07, 6.45) is 0. The van der Waals surface area contributed by atoms with Gasteiger partial charge in [-0.3, -0.25) is 9.59 Å². The fourth-order valence-corrected chi connectivity index (χ4v) is 2.83. The van der Waals surface area contributed by atoms with Crippen LogP contribution in [0.1, 0.15) is 15.9 Å². The standard InChI is InChI=1S/C20H18FN3O3/c21-17-3-1-2-16(12-17)20(26)24-10-8-23(9-11-24)19(25)14-27-18-6-4-15(13-22)5-7-18/h1-7,12H,8-11,14H2. The molecule has 138 valence electrons. The van der Waals surface area contributed by atoms with E-state index in [1.54, 1.807) is 40.1 Å². The Labute approximate surface area is 156 Å². The molecular formula is C20H18FN3O3. The normalized spacial score (nSPS) is 13.8. The molecule has 1 aliphatic rings. The quantitative estimate of drug-likeness (QED) is 0.829. The number of hydrogen-bond donors (Lipinski definition) is 0. The average Bonchev–Trinajstić information content (AvgIpc) is 2.72. The third-order valence-electron chi connectivity index (χ3n) is 4.34. The molecule has 0 spiro atoms. The van der Waals surface area contributed by atoms with Crippen molar-refractivity contribution in [1.29, 1.82) is 5.26 Å². The molecule has 3 rings (SSSR count). The maximum absolute atomic E-state index is 13.3. The minimum atomic E-state index is -0.449. The molecule has 0 unspecified atom stereocenters. The highest BCUT2D eigenvalue weighted by molar-refractivity contribution is 5.94. The fraction of sp³-hybridized carbons (Fsp3) is 0.250. The van der Waals surface area contributed by atoms with Crippen LogP contribution in [0.15, 0.2) is 48.5 Å². The van der Waals surface area contributed by atoms with Gasteiger partial charge >= 0.3 is 0 Å². The molecule has 0 atom stereocenters. The SMILES string of the molecule is N#Cc1ccc(OCC(=O)N2CCN(C(=O)c3cccc(F)c3)CC2)cc1. The van der Waals surface area contributed by atoms with Crippen LogP contribution in [0, 0.1) is 17.1 Å². The summed E-state index contributed by atoms with van der Waals surface area (Å²) in [6, 6.07) is 14.1. The van der Waals surface area contributed by atoms with Crippen LogP contribution in [0.5, 0.6) is 5.75 Å². The van der Waals surface area contributed by atoms with Gasteiger partial charge in [-0.2, -0.15) is 5.26 Å². The van der Waals surface area contributed by atoms with Gasteiger partial charge in [-0.25, -0.2) is 4.39 Å². The van der Waals surface area contributed by atoms with Crippen molar-refractivity contribution in [3.8, 4) is 11.8 Å². The zero-order valence-corrected chi connectivity index (χ0v) is 14.6. The Kier molecular flexibility index (Phi) is 5.67. The molecule has 2 aromatic carbocycles. The van der Waals surface area contributed by atoms with Gasteiger partial charge in [0.2, 0.25) is 0 Å². The average molecular weight is 367 g/mol. The lowest BCUT2D eigenvalue weighted by molar-refractivity contribution is -0.134. The van der Waals surface area contributed by atoms with Crippen molar-refractivity contribution in [2.24, 2.45) is 0 Å². The van der Waals surface area contributed by atoms with Gasteiger partial charge in [0.15, 0.2) is 6.61 Å². The third-order valence-corrected chi connectivity index (χ3v) is 4.34. The number of hydrogen-bond acceptors (Lipinski definition) is 4. The van der Waals surface area contributed by atoms with Gasteiger partial charge in [0.05, 0.1) is 11.6 Å². The summed E-state index contributed by atoms with van der Waals surface area (Å²) >= 11 is 0. The van der Waals surface area contributed by atoms with Gasteiger partial charge in [0.1, 0.15) is 11.6 Å². The Bertz CT molecular complexity index is 869. The molecule has 1 aliphatic heterocycles. The van der Waals surface area contributed by atoms with E-state index in [2.05, 4.69) is 0 Å². The molecule has 2 amide bonds. The number of benzene rings is 2. The Morgan fingerprint density at radius 2 is 1.70 bits per heavy atom. The van der Waals surface area contributed by atoms with Crippen molar-refractivity contribution >= 4 is 11.8 Å². The number of amides is 2. The first-order valence-corrected chi connectivity index (χ1v) is 8.52. The Morgan fingerprint density at radius 3 is 2.33 bits per heavy atom. The van der Waals surface area contributed by atoms with E-state index < -0.39 is 5.82 Å². The lowest BCUT2D eigenvalue weighted by Crippen LogP contribution is -2.51. The number of rotatable bonds is 4. The number of carbonyl (C=O) groups is 2. The molecule has 0 radical (unpaired) electrons.